The lowest BCUT2D eigenvalue weighted by Gasteiger charge is -2.19. The molecule has 5 heteroatoms. The van der Waals surface area contributed by atoms with Gasteiger partial charge in [0.15, 0.2) is 0 Å². The normalized spacial score (nSPS) is 21.4. The van der Waals surface area contributed by atoms with E-state index >= 15 is 0 Å². The molecule has 1 atom stereocenters. The highest BCUT2D eigenvalue weighted by Crippen LogP contribution is 2.36. The third-order valence-electron chi connectivity index (χ3n) is 3.21. The Labute approximate surface area is 104 Å². The second-order valence-corrected chi connectivity index (χ2v) is 5.10. The zero-order valence-corrected chi connectivity index (χ0v) is 10.0. The van der Waals surface area contributed by atoms with Crippen molar-refractivity contribution in [3.8, 4) is 0 Å². The molecule has 1 aliphatic carbocycles. The van der Waals surface area contributed by atoms with Gasteiger partial charge in [0.05, 0.1) is 5.69 Å². The van der Waals surface area contributed by atoms with Crippen LogP contribution in [0, 0.1) is 5.92 Å². The van der Waals surface area contributed by atoms with E-state index in [0.29, 0.717) is 0 Å². The lowest BCUT2D eigenvalue weighted by molar-refractivity contribution is -0.121. The summed E-state index contributed by atoms with van der Waals surface area (Å²) in [6.45, 7) is 0. The molecule has 0 saturated heterocycles. The Bertz CT molecular complexity index is 493. The smallest absolute Gasteiger partial charge is 0.221 e. The summed E-state index contributed by atoms with van der Waals surface area (Å²) in [5.41, 5.74) is 12.1. The topological polar surface area (TPSA) is 58.4 Å². The molecule has 0 spiro atoms. The van der Waals surface area contributed by atoms with Gasteiger partial charge in [-0.2, -0.15) is 0 Å². The minimum absolute atomic E-state index is 0.0493. The molecule has 1 unspecified atom stereocenters. The maximum absolute atomic E-state index is 11.3. The van der Waals surface area contributed by atoms with E-state index in [9.17, 15) is 4.79 Å². The second-order valence-electron chi connectivity index (χ2n) is 4.25. The average Bonchev–Trinajstić information content (AvgIpc) is 2.97. The summed E-state index contributed by atoms with van der Waals surface area (Å²) in [5, 5.41) is 1.99. The van der Waals surface area contributed by atoms with Crippen molar-refractivity contribution in [2.45, 2.75) is 12.8 Å². The van der Waals surface area contributed by atoms with Crippen molar-refractivity contribution in [2.75, 3.05) is 4.41 Å². The molecule has 1 aromatic rings. The Morgan fingerprint density at radius 2 is 2.35 bits per heavy atom. The van der Waals surface area contributed by atoms with Crippen LogP contribution >= 0.6 is 11.9 Å². The number of benzene rings is 1. The van der Waals surface area contributed by atoms with Crippen molar-refractivity contribution in [3.63, 3.8) is 0 Å². The number of carbonyl (C=O) groups is 1. The van der Waals surface area contributed by atoms with Crippen LogP contribution in [0.5, 0.6) is 0 Å². The SMILES string of the molecule is NC(=O)C1Cc2cccc(N3NC=CS3)c2C1. The minimum Gasteiger partial charge on any atom is -0.369 e. The molecule has 1 aromatic carbocycles. The third-order valence-corrected chi connectivity index (χ3v) is 3.98. The van der Waals surface area contributed by atoms with E-state index in [1.54, 1.807) is 11.9 Å². The first-order valence-corrected chi connectivity index (χ1v) is 6.37. The lowest BCUT2D eigenvalue weighted by atomic mass is 10.1. The van der Waals surface area contributed by atoms with Gasteiger partial charge in [0.25, 0.3) is 0 Å². The van der Waals surface area contributed by atoms with Crippen LogP contribution in [0.4, 0.5) is 5.69 Å². The molecule has 3 N–H and O–H groups in total. The number of fused-ring (bicyclic) bond motifs is 1. The predicted molar refractivity (Wildman–Crippen MR) is 68.9 cm³/mol. The number of hydrazine groups is 1. The van der Waals surface area contributed by atoms with E-state index < -0.39 is 0 Å². The molecular weight excluding hydrogens is 234 g/mol. The highest BCUT2D eigenvalue weighted by molar-refractivity contribution is 8.03. The van der Waals surface area contributed by atoms with E-state index in [0.717, 1.165) is 18.5 Å². The number of anilines is 1. The second kappa shape index (κ2) is 4.00. The summed E-state index contributed by atoms with van der Waals surface area (Å²) in [5.74, 6) is -0.251. The van der Waals surface area contributed by atoms with Gasteiger partial charge in [-0.15, -0.1) is 0 Å². The van der Waals surface area contributed by atoms with Crippen molar-refractivity contribution in [2.24, 2.45) is 11.7 Å². The molecule has 1 amide bonds. The van der Waals surface area contributed by atoms with Crippen LogP contribution in [0.15, 0.2) is 29.8 Å². The maximum Gasteiger partial charge on any atom is 0.221 e. The van der Waals surface area contributed by atoms with Gasteiger partial charge in [0.2, 0.25) is 5.91 Å². The molecule has 0 aromatic heterocycles. The van der Waals surface area contributed by atoms with Crippen molar-refractivity contribution < 1.29 is 4.79 Å². The van der Waals surface area contributed by atoms with Gasteiger partial charge in [0, 0.05) is 29.5 Å². The summed E-state index contributed by atoms with van der Waals surface area (Å²) >= 11 is 1.60. The zero-order valence-electron chi connectivity index (χ0n) is 9.22. The molecule has 4 nitrogen and oxygen atoms in total. The number of carbonyl (C=O) groups excluding carboxylic acids is 1. The standard InChI is InChI=1S/C12H13N3OS/c13-12(16)9-6-8-2-1-3-11(10(8)7-9)15-14-4-5-17-15/h1-5,9,14H,6-7H2,(H2,13,16). The number of hydrogen-bond donors (Lipinski definition) is 2. The molecule has 2 aliphatic rings. The predicted octanol–water partition coefficient (Wildman–Crippen LogP) is 1.33. The fourth-order valence-corrected chi connectivity index (χ4v) is 3.02. The number of hydrogen-bond acceptors (Lipinski definition) is 4. The van der Waals surface area contributed by atoms with Crippen LogP contribution in [0.3, 0.4) is 0 Å². The molecule has 1 heterocycles. The molecule has 88 valence electrons. The quantitative estimate of drug-likeness (QED) is 0.774. The number of primary amides is 1. The highest BCUT2D eigenvalue weighted by atomic mass is 32.2. The first-order chi connectivity index (χ1) is 8.25. The zero-order chi connectivity index (χ0) is 11.8. The van der Waals surface area contributed by atoms with Crippen LogP contribution in [-0.2, 0) is 17.6 Å². The van der Waals surface area contributed by atoms with E-state index in [4.69, 9.17) is 5.73 Å². The van der Waals surface area contributed by atoms with Crippen LogP contribution < -0.4 is 15.6 Å². The Morgan fingerprint density at radius 1 is 1.47 bits per heavy atom. The van der Waals surface area contributed by atoms with Crippen LogP contribution in [-0.4, -0.2) is 5.91 Å². The maximum atomic E-state index is 11.3. The summed E-state index contributed by atoms with van der Waals surface area (Å²) in [6.07, 6.45) is 3.41. The number of nitrogens with one attached hydrogen (secondary N) is 1. The molecule has 0 saturated carbocycles. The van der Waals surface area contributed by atoms with Gasteiger partial charge in [-0.3, -0.25) is 10.2 Å². The van der Waals surface area contributed by atoms with Gasteiger partial charge in [-0.05, 0) is 30.0 Å². The van der Waals surface area contributed by atoms with E-state index in [1.807, 2.05) is 22.1 Å². The van der Waals surface area contributed by atoms with Crippen LogP contribution in [0.25, 0.3) is 0 Å². The lowest BCUT2D eigenvalue weighted by Crippen LogP contribution is -2.25. The van der Waals surface area contributed by atoms with Gasteiger partial charge in [-0.25, -0.2) is 4.41 Å². The molecule has 0 bridgehead atoms. The van der Waals surface area contributed by atoms with Crippen molar-refractivity contribution in [1.29, 1.82) is 0 Å². The Morgan fingerprint density at radius 3 is 3.06 bits per heavy atom. The summed E-state index contributed by atoms with van der Waals surface area (Å²) in [6, 6.07) is 6.17. The first-order valence-electron chi connectivity index (χ1n) is 5.54. The van der Waals surface area contributed by atoms with Gasteiger partial charge >= 0.3 is 0 Å². The van der Waals surface area contributed by atoms with Crippen molar-refractivity contribution in [1.82, 2.24) is 5.43 Å². The highest BCUT2D eigenvalue weighted by Gasteiger charge is 2.29. The minimum atomic E-state index is -0.202. The molecule has 3 rings (SSSR count). The molecule has 17 heavy (non-hydrogen) atoms. The van der Waals surface area contributed by atoms with E-state index in [1.165, 1.54) is 11.1 Å². The van der Waals surface area contributed by atoms with E-state index in [-0.39, 0.29) is 11.8 Å². The van der Waals surface area contributed by atoms with Crippen LogP contribution in [0.1, 0.15) is 11.1 Å². The number of nitrogens with two attached hydrogens (primary N) is 1. The van der Waals surface area contributed by atoms with E-state index in [2.05, 4.69) is 17.6 Å². The number of amides is 1. The summed E-state index contributed by atoms with van der Waals surface area (Å²) < 4.78 is 2.00. The van der Waals surface area contributed by atoms with Gasteiger partial charge in [0.1, 0.15) is 0 Å². The summed E-state index contributed by atoms with van der Waals surface area (Å²) in [7, 11) is 0. The van der Waals surface area contributed by atoms with Gasteiger partial charge < -0.3 is 5.73 Å². The first kappa shape index (κ1) is 10.5. The van der Waals surface area contributed by atoms with Crippen molar-refractivity contribution >= 4 is 23.5 Å². The molecule has 1 aliphatic heterocycles. The van der Waals surface area contributed by atoms with Crippen LogP contribution in [0.2, 0.25) is 0 Å². The Kier molecular flexibility index (Phi) is 2.48. The Hall–Kier alpha value is -1.62. The average molecular weight is 247 g/mol. The fourth-order valence-electron chi connectivity index (χ4n) is 2.37. The number of rotatable bonds is 2. The molecule has 0 radical (unpaired) electrons. The third kappa shape index (κ3) is 1.76. The van der Waals surface area contributed by atoms with Gasteiger partial charge in [-0.1, -0.05) is 12.1 Å². The Balaban J connectivity index is 1.93. The monoisotopic (exact) mass is 247 g/mol. The largest absolute Gasteiger partial charge is 0.369 e. The van der Waals surface area contributed by atoms with Crippen molar-refractivity contribution in [3.05, 3.63) is 40.9 Å². The molecule has 0 fully saturated rings. The summed E-state index contributed by atoms with van der Waals surface area (Å²) in [4.78, 5) is 11.3. The number of nitrogens with zero attached hydrogens (tertiary/aromatic N) is 1. The fraction of sp³-hybridized carbons (Fsp3) is 0.250. The molecular formula is C12H13N3OS.